The van der Waals surface area contributed by atoms with Crippen molar-refractivity contribution in [3.8, 4) is 10.6 Å². The first kappa shape index (κ1) is 13.0. The lowest BCUT2D eigenvalue weighted by Crippen LogP contribution is -2.08. The Morgan fingerprint density at radius 3 is 3.15 bits per heavy atom. The van der Waals surface area contributed by atoms with Gasteiger partial charge in [-0.3, -0.25) is 0 Å². The number of aromatic nitrogens is 4. The Balaban J connectivity index is 1.73. The minimum absolute atomic E-state index is 0.0669. The number of nitrogens with zero attached hydrogens (tertiary/aromatic N) is 4. The van der Waals surface area contributed by atoms with Crippen LogP contribution in [0.1, 0.15) is 30.8 Å². The molecule has 7 heteroatoms. The van der Waals surface area contributed by atoms with Gasteiger partial charge < -0.3 is 10.3 Å². The van der Waals surface area contributed by atoms with Crippen LogP contribution in [0, 0.1) is 0 Å². The van der Waals surface area contributed by atoms with E-state index in [9.17, 15) is 0 Å². The van der Waals surface area contributed by atoms with Gasteiger partial charge in [0.15, 0.2) is 5.76 Å². The van der Waals surface area contributed by atoms with Crippen molar-refractivity contribution in [2.24, 2.45) is 5.73 Å². The van der Waals surface area contributed by atoms with Crippen LogP contribution in [0.25, 0.3) is 10.6 Å². The van der Waals surface area contributed by atoms with Gasteiger partial charge in [0, 0.05) is 6.07 Å². The van der Waals surface area contributed by atoms with Crippen LogP contribution < -0.4 is 5.73 Å². The lowest BCUT2D eigenvalue weighted by atomic mass is 10.2. The third kappa shape index (κ3) is 2.63. The van der Waals surface area contributed by atoms with Crippen LogP contribution >= 0.6 is 11.3 Å². The van der Waals surface area contributed by atoms with Gasteiger partial charge in [-0.25, -0.2) is 4.68 Å². The third-order valence-electron chi connectivity index (χ3n) is 3.02. The third-order valence-corrected chi connectivity index (χ3v) is 3.91. The predicted molar refractivity (Wildman–Crippen MR) is 76.2 cm³/mol. The summed E-state index contributed by atoms with van der Waals surface area (Å²) in [5, 5.41) is 14.2. The van der Waals surface area contributed by atoms with Crippen LogP contribution in [-0.2, 0) is 6.54 Å². The molecule has 0 saturated carbocycles. The first-order chi connectivity index (χ1) is 9.76. The van der Waals surface area contributed by atoms with Crippen molar-refractivity contribution in [1.29, 1.82) is 0 Å². The highest BCUT2D eigenvalue weighted by atomic mass is 32.1. The second kappa shape index (κ2) is 5.56. The van der Waals surface area contributed by atoms with E-state index in [0.717, 1.165) is 28.4 Å². The van der Waals surface area contributed by atoms with Gasteiger partial charge in [-0.2, -0.15) is 0 Å². The molecule has 3 aromatic heterocycles. The van der Waals surface area contributed by atoms with E-state index < -0.39 is 0 Å². The Morgan fingerprint density at radius 2 is 2.40 bits per heavy atom. The fourth-order valence-electron chi connectivity index (χ4n) is 1.86. The molecule has 104 valence electrons. The van der Waals surface area contributed by atoms with Crippen molar-refractivity contribution in [2.75, 3.05) is 0 Å². The Morgan fingerprint density at radius 1 is 1.50 bits per heavy atom. The molecule has 1 unspecified atom stereocenters. The first-order valence-electron chi connectivity index (χ1n) is 6.41. The minimum Gasteiger partial charge on any atom is -0.355 e. The number of hydrogen-bond acceptors (Lipinski definition) is 6. The van der Waals surface area contributed by atoms with Gasteiger partial charge in [0.1, 0.15) is 5.69 Å². The highest BCUT2D eigenvalue weighted by molar-refractivity contribution is 7.13. The maximum absolute atomic E-state index is 5.92. The van der Waals surface area contributed by atoms with E-state index in [2.05, 4.69) is 15.5 Å². The summed E-state index contributed by atoms with van der Waals surface area (Å²) in [7, 11) is 0. The smallest absolute Gasteiger partial charge is 0.177 e. The zero-order valence-corrected chi connectivity index (χ0v) is 11.9. The highest BCUT2D eigenvalue weighted by Gasteiger charge is 2.11. The second-order valence-electron chi connectivity index (χ2n) is 4.52. The average molecular weight is 289 g/mol. The van der Waals surface area contributed by atoms with Crippen LogP contribution in [0.15, 0.2) is 34.3 Å². The van der Waals surface area contributed by atoms with Gasteiger partial charge in [0.2, 0.25) is 0 Å². The quantitative estimate of drug-likeness (QED) is 0.780. The van der Waals surface area contributed by atoms with E-state index >= 15 is 0 Å². The van der Waals surface area contributed by atoms with E-state index in [0.29, 0.717) is 6.54 Å². The normalized spacial score (nSPS) is 12.7. The number of hydrogen-bond donors (Lipinski definition) is 1. The molecule has 20 heavy (non-hydrogen) atoms. The summed E-state index contributed by atoms with van der Waals surface area (Å²) in [5.74, 6) is 0.778. The summed E-state index contributed by atoms with van der Waals surface area (Å²) in [5.41, 5.74) is 7.54. The zero-order chi connectivity index (χ0) is 13.9. The number of nitrogens with two attached hydrogens (primary N) is 1. The van der Waals surface area contributed by atoms with E-state index in [1.807, 2.05) is 36.7 Å². The first-order valence-corrected chi connectivity index (χ1v) is 7.29. The fourth-order valence-corrected chi connectivity index (χ4v) is 2.53. The monoisotopic (exact) mass is 289 g/mol. The van der Waals surface area contributed by atoms with Gasteiger partial charge in [-0.15, -0.1) is 16.4 Å². The summed E-state index contributed by atoms with van der Waals surface area (Å²) in [4.78, 5) is 1.07. The molecule has 3 heterocycles. The predicted octanol–water partition coefficient (Wildman–Crippen LogP) is 2.45. The zero-order valence-electron chi connectivity index (χ0n) is 11.1. The SMILES string of the molecule is CCC(N)c1cn(Cc2cc(-c3cccs3)on2)nn1. The van der Waals surface area contributed by atoms with Gasteiger partial charge in [-0.05, 0) is 17.9 Å². The molecule has 0 amide bonds. The number of thiophene rings is 1. The molecule has 0 aliphatic heterocycles. The van der Waals surface area contributed by atoms with Gasteiger partial charge >= 0.3 is 0 Å². The molecular formula is C13H15N5OS. The number of rotatable bonds is 5. The maximum Gasteiger partial charge on any atom is 0.177 e. The second-order valence-corrected chi connectivity index (χ2v) is 5.46. The summed E-state index contributed by atoms with van der Waals surface area (Å²) in [6.45, 7) is 2.55. The Hall–Kier alpha value is -1.99. The molecule has 3 aromatic rings. The summed E-state index contributed by atoms with van der Waals surface area (Å²) < 4.78 is 7.05. The molecular weight excluding hydrogens is 274 g/mol. The molecule has 6 nitrogen and oxygen atoms in total. The van der Waals surface area contributed by atoms with Crippen LogP contribution in [0.4, 0.5) is 0 Å². The van der Waals surface area contributed by atoms with Crippen molar-refractivity contribution in [1.82, 2.24) is 20.2 Å². The van der Waals surface area contributed by atoms with Crippen molar-refractivity contribution in [3.05, 3.63) is 41.2 Å². The molecule has 0 aromatic carbocycles. The van der Waals surface area contributed by atoms with Crippen LogP contribution in [-0.4, -0.2) is 20.2 Å². The minimum atomic E-state index is -0.0669. The van der Waals surface area contributed by atoms with E-state index in [-0.39, 0.29) is 6.04 Å². The molecule has 1 atom stereocenters. The summed E-state index contributed by atoms with van der Waals surface area (Å²) >= 11 is 1.62. The van der Waals surface area contributed by atoms with Crippen molar-refractivity contribution in [3.63, 3.8) is 0 Å². The molecule has 2 N–H and O–H groups in total. The lowest BCUT2D eigenvalue weighted by Gasteiger charge is -2.01. The van der Waals surface area contributed by atoms with E-state index in [1.165, 1.54) is 0 Å². The van der Waals surface area contributed by atoms with Crippen LogP contribution in [0.3, 0.4) is 0 Å². The Labute approximate surface area is 120 Å². The Bertz CT molecular complexity index is 673. The maximum atomic E-state index is 5.92. The van der Waals surface area contributed by atoms with E-state index in [1.54, 1.807) is 16.0 Å². The standard InChI is InChI=1S/C13H15N5OS/c1-2-10(14)11-8-18(17-15-11)7-9-6-12(19-16-9)13-4-3-5-20-13/h3-6,8,10H,2,7,14H2,1H3. The molecule has 0 radical (unpaired) electrons. The molecule has 0 spiro atoms. The van der Waals surface area contributed by atoms with Gasteiger partial charge in [0.05, 0.1) is 29.4 Å². The summed E-state index contributed by atoms with van der Waals surface area (Å²) in [6.07, 6.45) is 2.69. The molecule has 0 fully saturated rings. The largest absolute Gasteiger partial charge is 0.355 e. The summed E-state index contributed by atoms with van der Waals surface area (Å²) in [6, 6.07) is 5.84. The lowest BCUT2D eigenvalue weighted by molar-refractivity contribution is 0.419. The fraction of sp³-hybridized carbons (Fsp3) is 0.308. The van der Waals surface area contributed by atoms with Crippen LogP contribution in [0.2, 0.25) is 0 Å². The van der Waals surface area contributed by atoms with Gasteiger partial charge in [-0.1, -0.05) is 23.4 Å². The van der Waals surface area contributed by atoms with Crippen molar-refractivity contribution < 1.29 is 4.52 Å². The Kier molecular flexibility index (Phi) is 3.62. The highest BCUT2D eigenvalue weighted by Crippen LogP contribution is 2.25. The molecule has 0 saturated heterocycles. The van der Waals surface area contributed by atoms with E-state index in [4.69, 9.17) is 10.3 Å². The van der Waals surface area contributed by atoms with Crippen LogP contribution in [0.5, 0.6) is 0 Å². The topological polar surface area (TPSA) is 82.8 Å². The molecule has 3 rings (SSSR count). The average Bonchev–Trinajstić information content (AvgIpc) is 3.19. The van der Waals surface area contributed by atoms with Crippen molar-refractivity contribution in [2.45, 2.75) is 25.9 Å². The molecule has 0 aliphatic carbocycles. The molecule has 0 bridgehead atoms. The van der Waals surface area contributed by atoms with Gasteiger partial charge in [0.25, 0.3) is 0 Å². The van der Waals surface area contributed by atoms with Crippen molar-refractivity contribution >= 4 is 11.3 Å². The molecule has 0 aliphatic rings.